The quantitative estimate of drug-likeness (QED) is 0.765. The Morgan fingerprint density at radius 2 is 2.12 bits per heavy atom. The standard InChI is InChI=1S/C18H19N5O2S/c1-12-15(21-23-9-3-11-25-17(12)23)16(24)20-13-4-6-14(7-5-13)26-18-19-8-10-22(18)2/h4-8,10H,3,9,11H2,1-2H3,(H,20,24). The van der Waals surface area contributed by atoms with Crippen LogP contribution in [0.4, 0.5) is 5.69 Å². The van der Waals surface area contributed by atoms with E-state index in [1.807, 2.05) is 49.0 Å². The van der Waals surface area contributed by atoms with Crippen LogP contribution in [0.2, 0.25) is 0 Å². The Kier molecular flexibility index (Phi) is 4.42. The first-order valence-corrected chi connectivity index (χ1v) is 9.20. The van der Waals surface area contributed by atoms with Crippen molar-refractivity contribution in [3.63, 3.8) is 0 Å². The number of aromatic nitrogens is 4. The molecule has 7 nitrogen and oxygen atoms in total. The van der Waals surface area contributed by atoms with E-state index in [-0.39, 0.29) is 5.91 Å². The zero-order valence-electron chi connectivity index (χ0n) is 14.6. The van der Waals surface area contributed by atoms with Gasteiger partial charge >= 0.3 is 0 Å². The smallest absolute Gasteiger partial charge is 0.276 e. The molecule has 0 saturated carbocycles. The summed E-state index contributed by atoms with van der Waals surface area (Å²) in [6.07, 6.45) is 4.59. The molecule has 0 saturated heterocycles. The number of hydrogen-bond donors (Lipinski definition) is 1. The molecule has 0 fully saturated rings. The molecule has 1 aliphatic heterocycles. The van der Waals surface area contributed by atoms with E-state index in [4.69, 9.17) is 4.74 Å². The van der Waals surface area contributed by atoms with Crippen LogP contribution in [-0.4, -0.2) is 31.8 Å². The number of ether oxygens (including phenoxy) is 1. The summed E-state index contributed by atoms with van der Waals surface area (Å²) in [6, 6.07) is 7.68. The number of carbonyl (C=O) groups excluding carboxylic acids is 1. The number of rotatable bonds is 4. The number of hydrogen-bond acceptors (Lipinski definition) is 5. The van der Waals surface area contributed by atoms with Crippen LogP contribution in [0.25, 0.3) is 0 Å². The van der Waals surface area contributed by atoms with Gasteiger partial charge in [-0.25, -0.2) is 9.67 Å². The van der Waals surface area contributed by atoms with Gasteiger partial charge in [-0.1, -0.05) is 11.8 Å². The second-order valence-electron chi connectivity index (χ2n) is 6.11. The van der Waals surface area contributed by atoms with Gasteiger partial charge in [0.2, 0.25) is 5.88 Å². The number of nitrogens with one attached hydrogen (secondary N) is 1. The lowest BCUT2D eigenvalue weighted by molar-refractivity contribution is 0.102. The molecule has 0 atom stereocenters. The van der Waals surface area contributed by atoms with E-state index in [1.54, 1.807) is 22.6 Å². The van der Waals surface area contributed by atoms with Crippen LogP contribution in [-0.2, 0) is 13.6 Å². The summed E-state index contributed by atoms with van der Waals surface area (Å²) in [4.78, 5) is 17.9. The number of nitrogens with zero attached hydrogens (tertiary/aromatic N) is 4. The molecule has 0 bridgehead atoms. The van der Waals surface area contributed by atoms with Crippen molar-refractivity contribution in [2.75, 3.05) is 11.9 Å². The van der Waals surface area contributed by atoms with Crippen molar-refractivity contribution in [2.45, 2.75) is 29.9 Å². The first-order valence-electron chi connectivity index (χ1n) is 8.38. The van der Waals surface area contributed by atoms with Gasteiger partial charge in [-0.05, 0) is 31.2 Å². The van der Waals surface area contributed by atoms with E-state index in [2.05, 4.69) is 15.4 Å². The Labute approximate surface area is 155 Å². The van der Waals surface area contributed by atoms with Crippen LogP contribution in [0.1, 0.15) is 22.5 Å². The van der Waals surface area contributed by atoms with Gasteiger partial charge in [0, 0.05) is 48.6 Å². The number of carbonyl (C=O) groups is 1. The van der Waals surface area contributed by atoms with E-state index in [9.17, 15) is 4.79 Å². The van der Waals surface area contributed by atoms with Gasteiger partial charge in [0.05, 0.1) is 6.61 Å². The summed E-state index contributed by atoms with van der Waals surface area (Å²) in [6.45, 7) is 3.32. The number of imidazole rings is 1. The fourth-order valence-corrected chi connectivity index (χ4v) is 3.62. The maximum absolute atomic E-state index is 12.6. The van der Waals surface area contributed by atoms with Crippen LogP contribution in [0, 0.1) is 6.92 Å². The summed E-state index contributed by atoms with van der Waals surface area (Å²) >= 11 is 1.57. The van der Waals surface area contributed by atoms with Gasteiger partial charge in [0.1, 0.15) is 0 Å². The van der Waals surface area contributed by atoms with Crippen molar-refractivity contribution in [1.82, 2.24) is 19.3 Å². The zero-order chi connectivity index (χ0) is 18.1. The van der Waals surface area contributed by atoms with Gasteiger partial charge in [-0.3, -0.25) is 4.79 Å². The Morgan fingerprint density at radius 3 is 2.81 bits per heavy atom. The Balaban J connectivity index is 1.46. The molecule has 134 valence electrons. The highest BCUT2D eigenvalue weighted by atomic mass is 32.2. The summed E-state index contributed by atoms with van der Waals surface area (Å²) < 4.78 is 9.35. The number of benzene rings is 1. The van der Waals surface area contributed by atoms with E-state index < -0.39 is 0 Å². The predicted molar refractivity (Wildman–Crippen MR) is 98.8 cm³/mol. The normalized spacial score (nSPS) is 13.2. The van der Waals surface area contributed by atoms with Crippen LogP contribution < -0.4 is 10.1 Å². The highest BCUT2D eigenvalue weighted by molar-refractivity contribution is 7.99. The van der Waals surface area contributed by atoms with Crippen molar-refractivity contribution >= 4 is 23.4 Å². The lowest BCUT2D eigenvalue weighted by Gasteiger charge is -2.14. The lowest BCUT2D eigenvalue weighted by atomic mass is 10.2. The van der Waals surface area contributed by atoms with Crippen molar-refractivity contribution in [3.8, 4) is 5.88 Å². The van der Waals surface area contributed by atoms with E-state index in [0.29, 0.717) is 18.2 Å². The van der Waals surface area contributed by atoms with Gasteiger partial charge in [-0.15, -0.1) is 0 Å². The molecule has 0 radical (unpaired) electrons. The Hall–Kier alpha value is -2.74. The van der Waals surface area contributed by atoms with Gasteiger partial charge in [-0.2, -0.15) is 5.10 Å². The first-order chi connectivity index (χ1) is 12.6. The van der Waals surface area contributed by atoms with Gasteiger partial charge < -0.3 is 14.6 Å². The fourth-order valence-electron chi connectivity index (χ4n) is 2.82. The summed E-state index contributed by atoms with van der Waals surface area (Å²) in [5.74, 6) is 0.473. The SMILES string of the molecule is Cc1c(C(=O)Nc2ccc(Sc3nccn3C)cc2)nn2c1OCCC2. The van der Waals surface area contributed by atoms with Crippen molar-refractivity contribution < 1.29 is 9.53 Å². The molecule has 1 N–H and O–H groups in total. The third kappa shape index (κ3) is 3.20. The number of amides is 1. The molecule has 3 heterocycles. The number of fused-ring (bicyclic) bond motifs is 1. The van der Waals surface area contributed by atoms with Crippen molar-refractivity contribution in [3.05, 3.63) is 47.9 Å². The average Bonchev–Trinajstić information content (AvgIpc) is 3.20. The minimum atomic E-state index is -0.225. The Morgan fingerprint density at radius 1 is 1.31 bits per heavy atom. The van der Waals surface area contributed by atoms with Crippen LogP contribution in [0.5, 0.6) is 5.88 Å². The molecule has 1 aromatic carbocycles. The van der Waals surface area contributed by atoms with E-state index in [1.165, 1.54) is 0 Å². The maximum Gasteiger partial charge on any atom is 0.276 e. The summed E-state index contributed by atoms with van der Waals surface area (Å²) in [5, 5.41) is 8.21. The summed E-state index contributed by atoms with van der Waals surface area (Å²) in [5.41, 5.74) is 1.92. The van der Waals surface area contributed by atoms with Gasteiger partial charge in [0.25, 0.3) is 5.91 Å². The molecular formula is C18H19N5O2S. The second kappa shape index (κ2) is 6.87. The molecule has 0 spiro atoms. The maximum atomic E-state index is 12.6. The minimum Gasteiger partial charge on any atom is -0.478 e. The van der Waals surface area contributed by atoms with Crippen LogP contribution in [0.15, 0.2) is 46.7 Å². The second-order valence-corrected chi connectivity index (χ2v) is 7.15. The molecule has 8 heteroatoms. The highest BCUT2D eigenvalue weighted by Gasteiger charge is 2.23. The molecule has 2 aromatic heterocycles. The predicted octanol–water partition coefficient (Wildman–Crippen LogP) is 3.11. The van der Waals surface area contributed by atoms with E-state index >= 15 is 0 Å². The van der Waals surface area contributed by atoms with Crippen molar-refractivity contribution in [2.24, 2.45) is 7.05 Å². The first kappa shape index (κ1) is 16.7. The lowest BCUT2D eigenvalue weighted by Crippen LogP contribution is -2.16. The molecule has 0 aliphatic carbocycles. The highest BCUT2D eigenvalue weighted by Crippen LogP contribution is 2.28. The molecule has 0 unspecified atom stereocenters. The number of anilines is 1. The van der Waals surface area contributed by atoms with Crippen molar-refractivity contribution in [1.29, 1.82) is 0 Å². The van der Waals surface area contributed by atoms with Crippen LogP contribution >= 0.6 is 11.8 Å². The zero-order valence-corrected chi connectivity index (χ0v) is 15.4. The monoisotopic (exact) mass is 369 g/mol. The average molecular weight is 369 g/mol. The molecule has 4 rings (SSSR count). The third-order valence-corrected chi connectivity index (χ3v) is 5.28. The summed E-state index contributed by atoms with van der Waals surface area (Å²) in [7, 11) is 1.96. The third-order valence-electron chi connectivity index (χ3n) is 4.20. The molecule has 1 amide bonds. The van der Waals surface area contributed by atoms with Crippen LogP contribution in [0.3, 0.4) is 0 Å². The Bertz CT molecular complexity index is 945. The topological polar surface area (TPSA) is 74.0 Å². The largest absolute Gasteiger partial charge is 0.478 e. The molecule has 26 heavy (non-hydrogen) atoms. The fraction of sp³-hybridized carbons (Fsp3) is 0.278. The van der Waals surface area contributed by atoms with Gasteiger partial charge in [0.15, 0.2) is 10.9 Å². The number of aryl methyl sites for hydroxylation is 2. The molecular weight excluding hydrogens is 350 g/mol. The molecule has 1 aliphatic rings. The van der Waals surface area contributed by atoms with E-state index in [0.717, 1.165) is 34.3 Å². The molecule has 3 aromatic rings. The minimum absolute atomic E-state index is 0.225.